The van der Waals surface area contributed by atoms with Gasteiger partial charge in [-0.2, -0.15) is 0 Å². The molecule has 4 aromatic rings. The van der Waals surface area contributed by atoms with Gasteiger partial charge in [0.25, 0.3) is 0 Å². The molecule has 0 spiro atoms. The first kappa shape index (κ1) is 28.5. The van der Waals surface area contributed by atoms with Crippen LogP contribution in [0.2, 0.25) is 0 Å². The highest BCUT2D eigenvalue weighted by Crippen LogP contribution is 2.31. The molecular weight excluding hydrogens is 540 g/mol. The molecule has 0 radical (unpaired) electrons. The Balaban J connectivity index is 1.09. The number of hydrogen-bond acceptors (Lipinski definition) is 8. The van der Waals surface area contributed by atoms with Crippen molar-refractivity contribution in [2.75, 3.05) is 36.4 Å². The largest absolute Gasteiger partial charge is 0.356 e. The molecule has 3 aromatic heterocycles. The number of hydrogen-bond donors (Lipinski definition) is 3. The van der Waals surface area contributed by atoms with Crippen molar-refractivity contribution in [1.82, 2.24) is 29.6 Å². The lowest BCUT2D eigenvalue weighted by atomic mass is 10.1. The lowest BCUT2D eigenvalue weighted by Crippen LogP contribution is -2.42. The Morgan fingerprint density at radius 3 is 2.74 bits per heavy atom. The second kappa shape index (κ2) is 13.5. The second-order valence-corrected chi connectivity index (χ2v) is 11.9. The third-order valence-corrected chi connectivity index (χ3v) is 8.91. The molecule has 5 heterocycles. The molecule has 2 aliphatic heterocycles. The fraction of sp³-hybridized carbons (Fsp3) is 0.364. The van der Waals surface area contributed by atoms with Gasteiger partial charge in [0.2, 0.25) is 0 Å². The van der Waals surface area contributed by atoms with Gasteiger partial charge in [-0.25, -0.2) is 9.97 Å². The minimum absolute atomic E-state index is 0.509. The van der Waals surface area contributed by atoms with Crippen molar-refractivity contribution in [2.45, 2.75) is 51.6 Å². The summed E-state index contributed by atoms with van der Waals surface area (Å²) >= 11 is 1.69. The number of piperidine rings is 2. The van der Waals surface area contributed by atoms with Gasteiger partial charge in [-0.1, -0.05) is 36.7 Å². The lowest BCUT2D eigenvalue weighted by molar-refractivity contribution is 0.196. The number of allylic oxidation sites excluding steroid dienone is 1. The highest BCUT2D eigenvalue weighted by Gasteiger charge is 2.20. The summed E-state index contributed by atoms with van der Waals surface area (Å²) in [5.41, 5.74) is 6.91. The van der Waals surface area contributed by atoms with E-state index in [0.717, 1.165) is 77.9 Å². The van der Waals surface area contributed by atoms with Crippen LogP contribution in [0.1, 0.15) is 50.3 Å². The van der Waals surface area contributed by atoms with Crippen molar-refractivity contribution in [3.05, 3.63) is 84.3 Å². The normalized spacial score (nSPS) is 18.1. The molecule has 218 valence electrons. The molecule has 0 amide bonds. The smallest absolute Gasteiger partial charge is 0.143 e. The number of H-pyrrole nitrogens is 1. The molecule has 2 fully saturated rings. The average molecular weight is 581 g/mol. The summed E-state index contributed by atoms with van der Waals surface area (Å²) in [5.74, 6) is 1.03. The Morgan fingerprint density at radius 1 is 1.05 bits per heavy atom. The van der Waals surface area contributed by atoms with E-state index >= 15 is 0 Å². The third-order valence-electron chi connectivity index (χ3n) is 8.04. The highest BCUT2D eigenvalue weighted by molar-refractivity contribution is 8.00. The van der Waals surface area contributed by atoms with Crippen molar-refractivity contribution < 1.29 is 0 Å². The summed E-state index contributed by atoms with van der Waals surface area (Å²) < 4.78 is 3.57. The van der Waals surface area contributed by atoms with Crippen LogP contribution in [-0.4, -0.2) is 57.1 Å². The van der Waals surface area contributed by atoms with E-state index in [9.17, 15) is 0 Å². The Morgan fingerprint density at radius 2 is 1.90 bits per heavy atom. The first-order chi connectivity index (χ1) is 20.7. The molecule has 0 saturated carbocycles. The molecule has 0 aliphatic carbocycles. The van der Waals surface area contributed by atoms with Crippen molar-refractivity contribution in [2.24, 2.45) is 0 Å². The number of aromatic nitrogens is 4. The van der Waals surface area contributed by atoms with E-state index in [0.29, 0.717) is 6.04 Å². The van der Waals surface area contributed by atoms with Crippen LogP contribution in [-0.2, 0) is 6.54 Å². The van der Waals surface area contributed by atoms with Gasteiger partial charge in [-0.15, -0.1) is 0 Å². The van der Waals surface area contributed by atoms with Crippen molar-refractivity contribution >= 4 is 40.2 Å². The Labute approximate surface area is 252 Å². The summed E-state index contributed by atoms with van der Waals surface area (Å²) in [4.78, 5) is 22.1. The van der Waals surface area contributed by atoms with E-state index in [1.54, 1.807) is 18.3 Å². The van der Waals surface area contributed by atoms with E-state index < -0.39 is 0 Å². The SMILES string of the molecule is C=C(Nc1ccc(-c2cc3c(N4CCCCC4)ncnc3[nH]2)cc1)c1cc(CN2CCCC(NS/C=C/C)C2)ccn1. The number of nitrogens with one attached hydrogen (secondary N) is 3. The van der Waals surface area contributed by atoms with Gasteiger partial charge in [0.05, 0.1) is 16.8 Å². The fourth-order valence-corrected chi connectivity index (χ4v) is 6.51. The molecule has 0 bridgehead atoms. The number of benzene rings is 1. The lowest BCUT2D eigenvalue weighted by Gasteiger charge is -2.32. The molecule has 3 N–H and O–H groups in total. The van der Waals surface area contributed by atoms with Crippen molar-refractivity contribution in [1.29, 1.82) is 0 Å². The predicted octanol–water partition coefficient (Wildman–Crippen LogP) is 6.83. The van der Waals surface area contributed by atoms with Crippen LogP contribution in [0.5, 0.6) is 0 Å². The molecule has 9 heteroatoms. The van der Waals surface area contributed by atoms with Crippen LogP contribution in [0.15, 0.2) is 73.1 Å². The number of fused-ring (bicyclic) bond motifs is 1. The molecule has 1 unspecified atom stereocenters. The highest BCUT2D eigenvalue weighted by atomic mass is 32.2. The molecule has 1 aromatic carbocycles. The van der Waals surface area contributed by atoms with E-state index in [1.165, 1.54) is 37.7 Å². The quantitative estimate of drug-likeness (QED) is 0.176. The van der Waals surface area contributed by atoms with Crippen LogP contribution in [0.25, 0.3) is 28.0 Å². The molecule has 8 nitrogen and oxygen atoms in total. The van der Waals surface area contributed by atoms with E-state index in [2.05, 4.69) is 100 Å². The minimum atomic E-state index is 0.509. The number of anilines is 2. The van der Waals surface area contributed by atoms with E-state index in [1.807, 2.05) is 13.1 Å². The fourth-order valence-electron chi connectivity index (χ4n) is 5.91. The molecule has 6 rings (SSSR count). The zero-order valence-electron chi connectivity index (χ0n) is 24.4. The predicted molar refractivity (Wildman–Crippen MR) is 176 cm³/mol. The topological polar surface area (TPSA) is 85.0 Å². The van der Waals surface area contributed by atoms with Gasteiger partial charge >= 0.3 is 0 Å². The molecule has 2 aliphatic rings. The van der Waals surface area contributed by atoms with E-state index in [4.69, 9.17) is 0 Å². The van der Waals surface area contributed by atoms with Crippen LogP contribution in [0.4, 0.5) is 11.5 Å². The summed E-state index contributed by atoms with van der Waals surface area (Å²) in [5, 5.41) is 6.64. The first-order valence-corrected chi connectivity index (χ1v) is 15.9. The number of likely N-dealkylation sites (tertiary alicyclic amines) is 1. The standard InChI is InChI=1S/C33H40N8S/c1-3-18-42-39-28-8-7-15-40(22-28)21-25-13-14-34-30(19-25)24(2)37-27-11-9-26(10-12-27)31-20-29-32(38-31)35-23-36-33(29)41-16-5-4-6-17-41/h3,9-14,18-20,23,28,37,39H,2,4-8,15-17,21-22H2,1H3,(H,35,36,38)/b18-3+. The minimum Gasteiger partial charge on any atom is -0.356 e. The maximum Gasteiger partial charge on any atom is 0.143 e. The molecule has 42 heavy (non-hydrogen) atoms. The average Bonchev–Trinajstić information content (AvgIpc) is 3.47. The summed E-state index contributed by atoms with van der Waals surface area (Å²) in [6.45, 7) is 11.5. The maximum atomic E-state index is 4.63. The molecule has 2 saturated heterocycles. The van der Waals surface area contributed by atoms with Gasteiger partial charge in [0.15, 0.2) is 0 Å². The first-order valence-electron chi connectivity index (χ1n) is 15.0. The number of nitrogens with zero attached hydrogens (tertiary/aromatic N) is 5. The van der Waals surface area contributed by atoms with Gasteiger partial charge in [0, 0.05) is 49.8 Å². The summed E-state index contributed by atoms with van der Waals surface area (Å²) in [6.07, 6.45) is 11.8. The zero-order chi connectivity index (χ0) is 28.7. The Bertz CT molecular complexity index is 1520. The maximum absolute atomic E-state index is 4.63. The van der Waals surface area contributed by atoms with Gasteiger partial charge in [0.1, 0.15) is 17.8 Å². The van der Waals surface area contributed by atoms with Gasteiger partial charge < -0.3 is 15.2 Å². The van der Waals surface area contributed by atoms with E-state index in [-0.39, 0.29) is 0 Å². The third kappa shape index (κ3) is 6.86. The van der Waals surface area contributed by atoms with Crippen LogP contribution in [0.3, 0.4) is 0 Å². The Kier molecular flexibility index (Phi) is 9.18. The molecule has 1 atom stereocenters. The molecular formula is C33H40N8S. The zero-order valence-corrected chi connectivity index (χ0v) is 25.2. The summed E-state index contributed by atoms with van der Waals surface area (Å²) in [7, 11) is 0. The van der Waals surface area contributed by atoms with Gasteiger partial charge in [-0.05, 0) is 92.4 Å². The number of pyridine rings is 1. The van der Waals surface area contributed by atoms with Crippen LogP contribution >= 0.6 is 11.9 Å². The Hall–Kier alpha value is -3.66. The monoisotopic (exact) mass is 580 g/mol. The number of rotatable bonds is 10. The van der Waals surface area contributed by atoms with Crippen LogP contribution in [0, 0.1) is 0 Å². The second-order valence-electron chi connectivity index (χ2n) is 11.2. The summed E-state index contributed by atoms with van der Waals surface area (Å²) in [6, 6.07) is 15.4. The van der Waals surface area contributed by atoms with Crippen LogP contribution < -0.4 is 14.9 Å². The van der Waals surface area contributed by atoms with Crippen molar-refractivity contribution in [3.8, 4) is 11.3 Å². The van der Waals surface area contributed by atoms with Crippen molar-refractivity contribution in [3.63, 3.8) is 0 Å². The number of aromatic amines is 1. The van der Waals surface area contributed by atoms with Gasteiger partial charge in [-0.3, -0.25) is 14.6 Å².